The lowest BCUT2D eigenvalue weighted by Gasteiger charge is -2.46. The average molecular weight is 257 g/mol. The Morgan fingerprint density at radius 1 is 1.29 bits per heavy atom. The molecule has 3 rings (SSSR count). The first-order chi connectivity index (χ1) is 6.52. The molecule has 0 saturated heterocycles. The lowest BCUT2D eigenvalue weighted by atomic mass is 9.59. The van der Waals surface area contributed by atoms with Crippen molar-refractivity contribution >= 4 is 15.9 Å². The lowest BCUT2D eigenvalue weighted by Crippen LogP contribution is -2.41. The highest BCUT2D eigenvalue weighted by Crippen LogP contribution is 2.83. The second-order valence-electron chi connectivity index (χ2n) is 6.69. The van der Waals surface area contributed by atoms with Crippen molar-refractivity contribution in [2.24, 2.45) is 34.5 Å². The van der Waals surface area contributed by atoms with Crippen LogP contribution in [0.1, 0.15) is 40.0 Å². The van der Waals surface area contributed by atoms with Gasteiger partial charge in [0.05, 0.1) is 0 Å². The van der Waals surface area contributed by atoms with Crippen LogP contribution in [0.3, 0.4) is 0 Å². The topological polar surface area (TPSA) is 0 Å². The summed E-state index contributed by atoms with van der Waals surface area (Å²) in [7, 11) is 0. The number of hydrogen-bond acceptors (Lipinski definition) is 0. The molecule has 0 nitrogen and oxygen atoms in total. The molecule has 0 aliphatic heterocycles. The minimum atomic E-state index is 0.625. The maximum atomic E-state index is 3.61. The summed E-state index contributed by atoms with van der Waals surface area (Å²) in [4.78, 5) is 0. The minimum Gasteiger partial charge on any atom is -0.0928 e. The Kier molecular flexibility index (Phi) is 1.79. The van der Waals surface area contributed by atoms with Crippen LogP contribution in [-0.2, 0) is 0 Å². The molecule has 3 saturated carbocycles. The zero-order valence-electron chi connectivity index (χ0n) is 9.52. The molecule has 0 heterocycles. The molecule has 5 atom stereocenters. The molecule has 0 amide bonds. The smallest absolute Gasteiger partial charge is 0.00341 e. The van der Waals surface area contributed by atoms with E-state index in [0.717, 1.165) is 29.1 Å². The Bertz CT molecular complexity index is 270. The van der Waals surface area contributed by atoms with Gasteiger partial charge in [0.2, 0.25) is 0 Å². The fourth-order valence-electron chi connectivity index (χ4n) is 5.23. The highest BCUT2D eigenvalue weighted by Gasteiger charge is 2.76. The van der Waals surface area contributed by atoms with Crippen LogP contribution in [0, 0.1) is 34.5 Å². The van der Waals surface area contributed by atoms with E-state index in [1.807, 2.05) is 0 Å². The zero-order chi connectivity index (χ0) is 10.1. The van der Waals surface area contributed by atoms with Crippen LogP contribution < -0.4 is 0 Å². The third kappa shape index (κ3) is 0.911. The van der Waals surface area contributed by atoms with E-state index < -0.39 is 0 Å². The largest absolute Gasteiger partial charge is 0.0928 e. The summed E-state index contributed by atoms with van der Waals surface area (Å²) in [6, 6.07) is 0. The SMILES string of the molecule is CC1(C)C(CCBr)CC2C3C[C@]3(C)[C@@H]21. The molecule has 0 spiro atoms. The second kappa shape index (κ2) is 2.59. The van der Waals surface area contributed by atoms with E-state index in [0.29, 0.717) is 5.41 Å². The maximum Gasteiger partial charge on any atom is 0.00341 e. The van der Waals surface area contributed by atoms with Crippen molar-refractivity contribution < 1.29 is 0 Å². The third-order valence-electron chi connectivity index (χ3n) is 5.87. The second-order valence-corrected chi connectivity index (χ2v) is 7.48. The van der Waals surface area contributed by atoms with Crippen molar-refractivity contribution in [3.8, 4) is 0 Å². The van der Waals surface area contributed by atoms with Gasteiger partial charge in [0.1, 0.15) is 0 Å². The molecule has 1 heteroatoms. The molecular weight excluding hydrogens is 236 g/mol. The van der Waals surface area contributed by atoms with Crippen molar-refractivity contribution in [2.45, 2.75) is 40.0 Å². The first-order valence-corrected chi connectivity index (χ1v) is 7.20. The van der Waals surface area contributed by atoms with Crippen LogP contribution in [0.5, 0.6) is 0 Å². The molecule has 3 fully saturated rings. The number of halogens is 1. The number of hydrogen-bond donors (Lipinski definition) is 0. The maximum absolute atomic E-state index is 3.61. The van der Waals surface area contributed by atoms with Gasteiger partial charge in [0, 0.05) is 5.33 Å². The Hall–Kier alpha value is 0.480. The van der Waals surface area contributed by atoms with Crippen LogP contribution in [0.15, 0.2) is 0 Å². The van der Waals surface area contributed by atoms with Crippen molar-refractivity contribution in [2.75, 3.05) is 5.33 Å². The van der Waals surface area contributed by atoms with Crippen LogP contribution in [0.4, 0.5) is 0 Å². The first-order valence-electron chi connectivity index (χ1n) is 6.08. The summed E-state index contributed by atoms with van der Waals surface area (Å²) in [6.45, 7) is 7.60. The van der Waals surface area contributed by atoms with E-state index in [1.165, 1.54) is 18.2 Å². The molecular formula is C13H21Br. The minimum absolute atomic E-state index is 0.625. The molecule has 0 aromatic rings. The Morgan fingerprint density at radius 3 is 2.57 bits per heavy atom. The highest BCUT2D eigenvalue weighted by atomic mass is 79.9. The van der Waals surface area contributed by atoms with Gasteiger partial charge in [-0.3, -0.25) is 0 Å². The van der Waals surface area contributed by atoms with Crippen molar-refractivity contribution in [3.63, 3.8) is 0 Å². The molecule has 0 radical (unpaired) electrons. The summed E-state index contributed by atoms with van der Waals surface area (Å²) in [6.07, 6.45) is 4.47. The Balaban J connectivity index is 1.83. The molecule has 14 heavy (non-hydrogen) atoms. The van der Waals surface area contributed by atoms with E-state index in [4.69, 9.17) is 0 Å². The van der Waals surface area contributed by atoms with Crippen molar-refractivity contribution in [1.82, 2.24) is 0 Å². The fraction of sp³-hybridized carbons (Fsp3) is 1.00. The van der Waals surface area contributed by atoms with Gasteiger partial charge in [0.25, 0.3) is 0 Å². The Labute approximate surface area is 96.0 Å². The quantitative estimate of drug-likeness (QED) is 0.653. The molecule has 3 unspecified atom stereocenters. The van der Waals surface area contributed by atoms with Crippen LogP contribution in [-0.4, -0.2) is 5.33 Å². The summed E-state index contributed by atoms with van der Waals surface area (Å²) >= 11 is 3.61. The summed E-state index contributed by atoms with van der Waals surface area (Å²) in [5.74, 6) is 4.29. The van der Waals surface area contributed by atoms with Crippen LogP contribution in [0.25, 0.3) is 0 Å². The van der Waals surface area contributed by atoms with Gasteiger partial charge in [-0.25, -0.2) is 0 Å². The predicted molar refractivity (Wildman–Crippen MR) is 63.5 cm³/mol. The van der Waals surface area contributed by atoms with Gasteiger partial charge in [0.15, 0.2) is 0 Å². The third-order valence-corrected chi connectivity index (χ3v) is 6.33. The lowest BCUT2D eigenvalue weighted by molar-refractivity contribution is 0.0173. The molecule has 0 bridgehead atoms. The molecule has 0 N–H and O–H groups in total. The van der Waals surface area contributed by atoms with Gasteiger partial charge >= 0.3 is 0 Å². The van der Waals surface area contributed by atoms with Gasteiger partial charge in [-0.15, -0.1) is 0 Å². The van der Waals surface area contributed by atoms with E-state index in [1.54, 1.807) is 6.42 Å². The number of alkyl halides is 1. The van der Waals surface area contributed by atoms with E-state index in [-0.39, 0.29) is 0 Å². The molecule has 80 valence electrons. The normalized spacial score (nSPS) is 57.4. The monoisotopic (exact) mass is 256 g/mol. The van der Waals surface area contributed by atoms with Crippen LogP contribution >= 0.6 is 15.9 Å². The van der Waals surface area contributed by atoms with E-state index in [9.17, 15) is 0 Å². The van der Waals surface area contributed by atoms with Crippen LogP contribution in [0.2, 0.25) is 0 Å². The standard InChI is InChI=1S/C13H21Br/c1-12(2)8(4-5-14)6-9-10-7-13(10,3)11(9)12/h8-11H,4-7H2,1-3H3/t8?,9?,10?,11-,13-/m0/s1. The van der Waals surface area contributed by atoms with Crippen molar-refractivity contribution in [1.29, 1.82) is 0 Å². The summed E-state index contributed by atoms with van der Waals surface area (Å²) in [5, 5.41) is 1.20. The highest BCUT2D eigenvalue weighted by molar-refractivity contribution is 9.09. The summed E-state index contributed by atoms with van der Waals surface area (Å²) in [5.41, 5.74) is 1.41. The van der Waals surface area contributed by atoms with Crippen molar-refractivity contribution in [3.05, 3.63) is 0 Å². The summed E-state index contributed by atoms with van der Waals surface area (Å²) < 4.78 is 0. The predicted octanol–water partition coefficient (Wildman–Crippen LogP) is 4.09. The van der Waals surface area contributed by atoms with E-state index in [2.05, 4.69) is 36.7 Å². The molecule has 0 aromatic heterocycles. The van der Waals surface area contributed by atoms with Gasteiger partial charge < -0.3 is 0 Å². The van der Waals surface area contributed by atoms with Gasteiger partial charge in [-0.05, 0) is 53.8 Å². The molecule has 0 aromatic carbocycles. The average Bonchev–Trinajstić information content (AvgIpc) is 2.56. The van der Waals surface area contributed by atoms with Gasteiger partial charge in [-0.2, -0.15) is 0 Å². The first kappa shape index (κ1) is 9.69. The Morgan fingerprint density at radius 2 is 2.00 bits per heavy atom. The molecule has 3 aliphatic carbocycles. The fourth-order valence-corrected chi connectivity index (χ4v) is 5.78. The number of fused-ring (bicyclic) bond motifs is 4. The van der Waals surface area contributed by atoms with E-state index >= 15 is 0 Å². The van der Waals surface area contributed by atoms with Gasteiger partial charge in [-0.1, -0.05) is 36.7 Å². The molecule has 3 aliphatic rings. The zero-order valence-corrected chi connectivity index (χ0v) is 11.1. The number of rotatable bonds is 2.